The maximum absolute atomic E-state index is 11.0. The van der Waals surface area contributed by atoms with Crippen LogP contribution in [0.2, 0.25) is 0 Å². The molecule has 6 nitrogen and oxygen atoms in total. The van der Waals surface area contributed by atoms with Crippen LogP contribution in [0.1, 0.15) is 63.4 Å². The van der Waals surface area contributed by atoms with Gasteiger partial charge in [-0.1, -0.05) is 61.7 Å². The van der Waals surface area contributed by atoms with Gasteiger partial charge in [-0.25, -0.2) is 5.48 Å². The van der Waals surface area contributed by atoms with Crippen molar-refractivity contribution in [1.29, 1.82) is 0 Å². The average molecular weight is 406 g/mol. The highest BCUT2D eigenvalue weighted by Gasteiger charge is 2.40. The number of aliphatic hydroxyl groups excluding tert-OH is 3. The summed E-state index contributed by atoms with van der Waals surface area (Å²) in [4.78, 5) is 11.0. The Hall–Kier alpha value is -1.73. The van der Waals surface area contributed by atoms with Crippen LogP contribution in [0.15, 0.2) is 36.4 Å². The van der Waals surface area contributed by atoms with Crippen molar-refractivity contribution in [2.75, 3.05) is 0 Å². The Labute approximate surface area is 173 Å². The normalized spacial score (nSPS) is 25.4. The zero-order valence-corrected chi connectivity index (χ0v) is 17.0. The van der Waals surface area contributed by atoms with E-state index >= 15 is 0 Å². The number of carbonyl (C=O) groups excluding carboxylic acids is 1. The minimum Gasteiger partial charge on any atom is -0.393 e. The van der Waals surface area contributed by atoms with Gasteiger partial charge in [-0.2, -0.15) is 0 Å². The first-order chi connectivity index (χ1) is 14.0. The lowest BCUT2D eigenvalue weighted by Crippen LogP contribution is -2.23. The van der Waals surface area contributed by atoms with Crippen molar-refractivity contribution in [3.8, 4) is 0 Å². The number of benzene rings is 1. The summed E-state index contributed by atoms with van der Waals surface area (Å²) in [6.45, 7) is 0. The Bertz CT molecular complexity index is 621. The number of hydrogen-bond acceptors (Lipinski definition) is 5. The van der Waals surface area contributed by atoms with Gasteiger partial charge in [0.15, 0.2) is 0 Å². The van der Waals surface area contributed by atoms with Crippen molar-refractivity contribution in [2.24, 2.45) is 11.8 Å². The Kier molecular flexibility index (Phi) is 10.4. The fourth-order valence-corrected chi connectivity index (χ4v) is 4.30. The molecule has 1 unspecified atom stereocenters. The highest BCUT2D eigenvalue weighted by Crippen LogP contribution is 2.39. The topological polar surface area (TPSA) is 110 Å². The maximum Gasteiger partial charge on any atom is 0.243 e. The monoisotopic (exact) mass is 405 g/mol. The molecule has 6 heteroatoms. The van der Waals surface area contributed by atoms with Crippen LogP contribution in [-0.2, 0) is 4.79 Å². The number of hydrogen-bond donors (Lipinski definition) is 5. The molecule has 162 valence electrons. The van der Waals surface area contributed by atoms with Gasteiger partial charge in [0.1, 0.15) is 0 Å². The summed E-state index contributed by atoms with van der Waals surface area (Å²) >= 11 is 0. The van der Waals surface area contributed by atoms with Crippen molar-refractivity contribution in [1.82, 2.24) is 5.48 Å². The molecular weight excluding hydrogens is 370 g/mol. The van der Waals surface area contributed by atoms with E-state index in [0.29, 0.717) is 25.7 Å². The lowest BCUT2D eigenvalue weighted by atomic mass is 9.85. The number of rotatable bonds is 12. The third-order valence-corrected chi connectivity index (χ3v) is 5.94. The van der Waals surface area contributed by atoms with E-state index in [2.05, 4.69) is 0 Å². The summed E-state index contributed by atoms with van der Waals surface area (Å²) < 4.78 is 0. The van der Waals surface area contributed by atoms with Gasteiger partial charge < -0.3 is 15.3 Å². The molecule has 1 fully saturated rings. The molecule has 29 heavy (non-hydrogen) atoms. The van der Waals surface area contributed by atoms with Gasteiger partial charge in [0.05, 0.1) is 18.3 Å². The van der Waals surface area contributed by atoms with Crippen LogP contribution < -0.4 is 5.48 Å². The average Bonchev–Trinajstić information content (AvgIpc) is 3.00. The second-order valence-corrected chi connectivity index (χ2v) is 8.10. The van der Waals surface area contributed by atoms with E-state index < -0.39 is 18.3 Å². The van der Waals surface area contributed by atoms with Crippen LogP contribution in [0.5, 0.6) is 0 Å². The molecule has 5 atom stereocenters. The van der Waals surface area contributed by atoms with Crippen LogP contribution in [0.25, 0.3) is 6.08 Å². The number of carbonyl (C=O) groups is 1. The standard InChI is InChI=1S/C23H35NO5/c25-18(13-12-17-8-4-3-5-9-17)14-15-20-19(21(26)16-22(20)27)10-6-1-2-7-11-23(28)24-29/h3-5,8-9,12-13,18-22,25-27,29H,1-2,6-7,10-11,14-16H2,(H,24,28)/b13-12+/t18?,19-,20-,21+,22-/m1/s1. The van der Waals surface area contributed by atoms with E-state index in [4.69, 9.17) is 5.21 Å². The van der Waals surface area contributed by atoms with Crippen LogP contribution >= 0.6 is 0 Å². The van der Waals surface area contributed by atoms with Gasteiger partial charge in [-0.05, 0) is 49.5 Å². The fourth-order valence-electron chi connectivity index (χ4n) is 4.30. The van der Waals surface area contributed by atoms with E-state index in [1.54, 1.807) is 11.6 Å². The lowest BCUT2D eigenvalue weighted by molar-refractivity contribution is -0.129. The molecule has 0 spiro atoms. The van der Waals surface area contributed by atoms with E-state index in [0.717, 1.165) is 37.7 Å². The quantitative estimate of drug-likeness (QED) is 0.209. The molecular formula is C23H35NO5. The summed E-state index contributed by atoms with van der Waals surface area (Å²) in [5, 5.41) is 39.4. The van der Waals surface area contributed by atoms with Gasteiger partial charge in [0.2, 0.25) is 5.91 Å². The van der Waals surface area contributed by atoms with Gasteiger partial charge >= 0.3 is 0 Å². The SMILES string of the molecule is O=C(CCCCCC[C@@H]1[C@@H](CCC(O)/C=C/c2ccccc2)[C@H](O)C[C@@H]1O)NO. The van der Waals surface area contributed by atoms with E-state index in [1.165, 1.54) is 0 Å². The van der Waals surface area contributed by atoms with E-state index in [9.17, 15) is 20.1 Å². The molecule has 1 aliphatic carbocycles. The van der Waals surface area contributed by atoms with Crippen LogP contribution in [0.4, 0.5) is 0 Å². The zero-order chi connectivity index (χ0) is 21.1. The molecule has 2 rings (SSSR count). The highest BCUT2D eigenvalue weighted by atomic mass is 16.5. The second-order valence-electron chi connectivity index (χ2n) is 8.10. The summed E-state index contributed by atoms with van der Waals surface area (Å²) in [6, 6.07) is 9.81. The van der Waals surface area contributed by atoms with Crippen LogP contribution in [0, 0.1) is 11.8 Å². The number of aliphatic hydroxyl groups is 3. The first-order valence-corrected chi connectivity index (χ1v) is 10.7. The highest BCUT2D eigenvalue weighted by molar-refractivity contribution is 5.74. The minimum absolute atomic E-state index is 0.00458. The smallest absolute Gasteiger partial charge is 0.243 e. The summed E-state index contributed by atoms with van der Waals surface area (Å²) in [5.41, 5.74) is 2.67. The van der Waals surface area contributed by atoms with E-state index in [1.807, 2.05) is 36.4 Å². The summed E-state index contributed by atoms with van der Waals surface area (Å²) in [5.74, 6) is -0.305. The third kappa shape index (κ3) is 8.26. The molecule has 0 aromatic heterocycles. The molecule has 0 heterocycles. The van der Waals surface area contributed by atoms with Crippen LogP contribution in [0.3, 0.4) is 0 Å². The summed E-state index contributed by atoms with van der Waals surface area (Å²) in [6.07, 6.45) is 8.41. The first kappa shape index (κ1) is 23.5. The molecule has 0 radical (unpaired) electrons. The third-order valence-electron chi connectivity index (χ3n) is 5.94. The van der Waals surface area contributed by atoms with Gasteiger partial charge in [-0.3, -0.25) is 10.0 Å². The second kappa shape index (κ2) is 12.8. The maximum atomic E-state index is 11.0. The number of amides is 1. The molecule has 1 aromatic carbocycles. The fraction of sp³-hybridized carbons (Fsp3) is 0.609. The number of unbranched alkanes of at least 4 members (excludes halogenated alkanes) is 3. The van der Waals surface area contributed by atoms with Crippen molar-refractivity contribution in [3.63, 3.8) is 0 Å². The number of nitrogens with one attached hydrogen (secondary N) is 1. The van der Waals surface area contributed by atoms with Crippen LogP contribution in [-0.4, -0.2) is 44.7 Å². The first-order valence-electron chi connectivity index (χ1n) is 10.7. The Balaban J connectivity index is 1.72. The molecule has 0 aliphatic heterocycles. The molecule has 5 N–H and O–H groups in total. The van der Waals surface area contributed by atoms with Crippen molar-refractivity contribution in [2.45, 2.75) is 76.1 Å². The lowest BCUT2D eigenvalue weighted by Gasteiger charge is -2.24. The Morgan fingerprint density at radius 2 is 1.69 bits per heavy atom. The molecule has 1 saturated carbocycles. The Morgan fingerprint density at radius 3 is 2.38 bits per heavy atom. The molecule has 1 amide bonds. The molecule has 0 bridgehead atoms. The van der Waals surface area contributed by atoms with Gasteiger partial charge in [0.25, 0.3) is 0 Å². The predicted molar refractivity (Wildman–Crippen MR) is 112 cm³/mol. The predicted octanol–water partition coefficient (Wildman–Crippen LogP) is 3.04. The largest absolute Gasteiger partial charge is 0.393 e. The number of hydroxylamine groups is 1. The van der Waals surface area contributed by atoms with Gasteiger partial charge in [0, 0.05) is 6.42 Å². The van der Waals surface area contributed by atoms with Crippen molar-refractivity contribution in [3.05, 3.63) is 42.0 Å². The van der Waals surface area contributed by atoms with Crippen molar-refractivity contribution >= 4 is 12.0 Å². The van der Waals surface area contributed by atoms with E-state index in [-0.39, 0.29) is 17.7 Å². The Morgan fingerprint density at radius 1 is 1.03 bits per heavy atom. The zero-order valence-electron chi connectivity index (χ0n) is 17.0. The van der Waals surface area contributed by atoms with Crippen molar-refractivity contribution < 1.29 is 25.3 Å². The summed E-state index contributed by atoms with van der Waals surface area (Å²) in [7, 11) is 0. The molecule has 0 saturated heterocycles. The van der Waals surface area contributed by atoms with Gasteiger partial charge in [-0.15, -0.1) is 0 Å². The molecule has 1 aliphatic rings. The minimum atomic E-state index is -0.571. The molecule has 1 aromatic rings.